The molecule has 0 radical (unpaired) electrons. The Morgan fingerprint density at radius 2 is 0.400 bits per heavy atom. The summed E-state index contributed by atoms with van der Waals surface area (Å²) in [6.45, 7) is 0. The van der Waals surface area contributed by atoms with E-state index in [4.69, 9.17) is 0 Å². The Balaban J connectivity index is 0. The Hall–Kier alpha value is 1.80. The van der Waals surface area contributed by atoms with Crippen molar-refractivity contribution in [3.05, 3.63) is 0 Å². The van der Waals surface area contributed by atoms with Gasteiger partial charge < -0.3 is 49.6 Å². The van der Waals surface area contributed by atoms with Crippen LogP contribution in [0.5, 0.6) is 0 Å². The van der Waals surface area contributed by atoms with Gasteiger partial charge in [-0.1, -0.05) is 0 Å². The van der Waals surface area contributed by atoms with E-state index in [1.165, 1.54) is 0 Å². The Bertz CT molecular complexity index is 3.61. The van der Waals surface area contributed by atoms with Crippen molar-refractivity contribution < 1.29 is 49.6 Å². The van der Waals surface area contributed by atoms with Crippen molar-refractivity contribution in [2.75, 3.05) is 0 Å². The summed E-state index contributed by atoms with van der Waals surface area (Å²) in [5.41, 5.74) is 0. The first-order chi connectivity index (χ1) is 0. The number of hydrogen-bond acceptors (Lipinski definition) is 0. The van der Waals surface area contributed by atoms with Crippen molar-refractivity contribution in [2.24, 2.45) is 0 Å². The second-order valence-corrected chi connectivity index (χ2v) is 0. The van der Waals surface area contributed by atoms with Crippen LogP contribution in [0.4, 0.5) is 0 Å². The Morgan fingerprint density at radius 1 is 0.400 bits per heavy atom. The van der Waals surface area contributed by atoms with Gasteiger partial charge in [0.05, 0.1) is 0 Å². The normalized spacial score (nSPS) is 0. The zero-order valence-corrected chi connectivity index (χ0v) is 7.54. The van der Waals surface area contributed by atoms with Gasteiger partial charge >= 0.3 is 19.8 Å². The third-order valence-corrected chi connectivity index (χ3v) is 0. The van der Waals surface area contributed by atoms with Crippen LogP contribution in [0, 0.1) is 0 Å². The van der Waals surface area contributed by atoms with Gasteiger partial charge in [0.1, 0.15) is 0 Å². The fourth-order valence-electron chi connectivity index (χ4n) is 0. The van der Waals surface area contributed by atoms with Crippen molar-refractivity contribution >= 4 is 19.8 Å². The van der Waals surface area contributed by atoms with E-state index in [0.717, 1.165) is 0 Å². The molecule has 0 aliphatic rings. The van der Waals surface area contributed by atoms with Crippen LogP contribution in [-0.2, 0) is 0 Å². The molecule has 0 unspecified atom stereocenters. The fourth-order valence-corrected chi connectivity index (χ4v) is 0. The van der Waals surface area contributed by atoms with E-state index in [0.29, 0.717) is 0 Å². The maximum absolute atomic E-state index is 0. The molecule has 0 nitrogen and oxygen atoms in total. The third kappa shape index (κ3) is 25.9. The predicted molar refractivity (Wildman–Crippen MR) is 5.75 cm³/mol. The van der Waals surface area contributed by atoms with Crippen LogP contribution in [-0.4, -0.2) is 19.8 Å². The molecule has 0 aromatic heterocycles. The largest absolute Gasteiger partial charge is 3.00 e. The molecule has 0 saturated carbocycles. The molecule has 0 rings (SSSR count). The molecule has 5 heavy (non-hydrogen) atoms. The van der Waals surface area contributed by atoms with E-state index in [9.17, 15) is 0 Å². The van der Waals surface area contributed by atoms with Crippen LogP contribution < -0.4 is 49.6 Å². The number of halogens is 4. The Kier molecular flexibility index (Phi) is 585. The number of hydrogen-bond donors (Lipinski definition) is 0. The molecule has 0 atom stereocenters. The molecule has 32 valence electrons. The minimum atomic E-state index is 0. The van der Waals surface area contributed by atoms with Crippen molar-refractivity contribution in [3.8, 4) is 0 Å². The van der Waals surface area contributed by atoms with Gasteiger partial charge in [0.15, 0.2) is 0 Å². The minimum absolute atomic E-state index is 0. The minimum Gasteiger partial charge on any atom is -1.00 e. The summed E-state index contributed by atoms with van der Waals surface area (Å²) < 4.78 is 0. The van der Waals surface area contributed by atoms with Crippen LogP contribution in [0.1, 0.15) is 0 Å². The van der Waals surface area contributed by atoms with E-state index in [2.05, 4.69) is 0 Å². The first-order valence-electron chi connectivity index (χ1n) is 0. The summed E-state index contributed by atoms with van der Waals surface area (Å²) in [7, 11) is 0. The summed E-state index contributed by atoms with van der Waals surface area (Å²) in [6, 6.07) is 0. The molecular formula is Cl4Ga-. The molecule has 0 amide bonds. The van der Waals surface area contributed by atoms with Crippen LogP contribution in [0.2, 0.25) is 0 Å². The summed E-state index contributed by atoms with van der Waals surface area (Å²) in [5, 5.41) is 0. The van der Waals surface area contributed by atoms with Gasteiger partial charge in [0, 0.05) is 0 Å². The van der Waals surface area contributed by atoms with E-state index in [1.54, 1.807) is 0 Å². The van der Waals surface area contributed by atoms with Crippen LogP contribution in [0.25, 0.3) is 0 Å². The van der Waals surface area contributed by atoms with E-state index >= 15 is 0 Å². The predicted octanol–water partition coefficient (Wildman–Crippen LogP) is -12.4. The Labute approximate surface area is 69.2 Å². The molecule has 0 aliphatic heterocycles. The summed E-state index contributed by atoms with van der Waals surface area (Å²) >= 11 is 0. The molecule has 0 fully saturated rings. The molecular weight excluding hydrogens is 212 g/mol. The maximum Gasteiger partial charge on any atom is 3.00 e. The summed E-state index contributed by atoms with van der Waals surface area (Å²) in [6.07, 6.45) is 0. The van der Waals surface area contributed by atoms with Crippen LogP contribution >= 0.6 is 0 Å². The molecule has 0 aromatic carbocycles. The second kappa shape index (κ2) is 41.3. The van der Waals surface area contributed by atoms with Crippen molar-refractivity contribution in [1.82, 2.24) is 0 Å². The summed E-state index contributed by atoms with van der Waals surface area (Å²) in [5.74, 6) is 0. The van der Waals surface area contributed by atoms with Crippen molar-refractivity contribution in [2.45, 2.75) is 0 Å². The van der Waals surface area contributed by atoms with Gasteiger partial charge in [-0.15, -0.1) is 0 Å². The van der Waals surface area contributed by atoms with Gasteiger partial charge in [-0.05, 0) is 0 Å². The fraction of sp³-hybridized carbons (Fsp3) is 0. The topological polar surface area (TPSA) is 0 Å². The monoisotopic (exact) mass is 209 g/mol. The molecule has 0 bridgehead atoms. The molecule has 0 spiro atoms. The molecule has 0 aromatic rings. The molecule has 5 heteroatoms. The van der Waals surface area contributed by atoms with Gasteiger partial charge in [0.2, 0.25) is 0 Å². The zero-order chi connectivity index (χ0) is 0. The standard InChI is InChI=1S/4ClH.Ga/h4*1H;/q;;;;+3/p-4. The van der Waals surface area contributed by atoms with Gasteiger partial charge in [0.25, 0.3) is 0 Å². The SMILES string of the molecule is [Cl-].[Cl-].[Cl-].[Cl-].[Ga+3]. The quantitative estimate of drug-likeness (QED) is 0.349. The molecule has 0 saturated heterocycles. The Morgan fingerprint density at radius 3 is 0.400 bits per heavy atom. The first kappa shape index (κ1) is 70.8. The molecule has 0 aliphatic carbocycles. The van der Waals surface area contributed by atoms with E-state index < -0.39 is 0 Å². The van der Waals surface area contributed by atoms with Gasteiger partial charge in [-0.2, -0.15) is 0 Å². The van der Waals surface area contributed by atoms with Crippen LogP contribution in [0.3, 0.4) is 0 Å². The van der Waals surface area contributed by atoms with E-state index in [-0.39, 0.29) is 69.4 Å². The first-order valence-corrected chi connectivity index (χ1v) is 0. The second-order valence-electron chi connectivity index (χ2n) is 0. The van der Waals surface area contributed by atoms with Gasteiger partial charge in [-0.25, -0.2) is 0 Å². The molecule has 0 heterocycles. The van der Waals surface area contributed by atoms with Crippen molar-refractivity contribution in [1.29, 1.82) is 0 Å². The van der Waals surface area contributed by atoms with Crippen LogP contribution in [0.15, 0.2) is 0 Å². The zero-order valence-electron chi connectivity index (χ0n) is 2.09. The van der Waals surface area contributed by atoms with E-state index in [1.807, 2.05) is 0 Å². The van der Waals surface area contributed by atoms with Gasteiger partial charge in [-0.3, -0.25) is 0 Å². The summed E-state index contributed by atoms with van der Waals surface area (Å²) in [4.78, 5) is 0. The smallest absolute Gasteiger partial charge is 1.00 e. The molecule has 0 N–H and O–H groups in total. The average molecular weight is 212 g/mol. The van der Waals surface area contributed by atoms with Crippen molar-refractivity contribution in [3.63, 3.8) is 0 Å². The average Bonchev–Trinajstić information content (AvgIpc) is 0. The third-order valence-electron chi connectivity index (χ3n) is 0. The maximum atomic E-state index is 0. The number of rotatable bonds is 0.